The summed E-state index contributed by atoms with van der Waals surface area (Å²) in [6.07, 6.45) is 0.805. The summed E-state index contributed by atoms with van der Waals surface area (Å²) >= 11 is 0. The van der Waals surface area contributed by atoms with E-state index in [1.54, 1.807) is 12.0 Å². The molecule has 2 heterocycles. The van der Waals surface area contributed by atoms with E-state index in [2.05, 4.69) is 48.4 Å². The minimum absolute atomic E-state index is 0.0241. The number of piperidine rings is 1. The summed E-state index contributed by atoms with van der Waals surface area (Å²) < 4.78 is 10.7. The van der Waals surface area contributed by atoms with Crippen LogP contribution in [0.1, 0.15) is 48.3 Å². The molecule has 1 atom stereocenters. The largest absolute Gasteiger partial charge is 0.496 e. The van der Waals surface area contributed by atoms with Gasteiger partial charge in [0.25, 0.3) is 0 Å². The van der Waals surface area contributed by atoms with Crippen LogP contribution >= 0.6 is 0 Å². The molecule has 8 heteroatoms. The molecule has 1 aliphatic rings. The zero-order valence-corrected chi connectivity index (χ0v) is 21.1. The number of fused-ring (bicyclic) bond motifs is 1. The lowest BCUT2D eigenvalue weighted by molar-refractivity contribution is -0.139. The lowest BCUT2D eigenvalue weighted by Gasteiger charge is -2.39. The van der Waals surface area contributed by atoms with Crippen molar-refractivity contribution in [3.05, 3.63) is 58.9 Å². The Balaban J connectivity index is 1.70. The van der Waals surface area contributed by atoms with Crippen LogP contribution in [0.25, 0.3) is 10.9 Å². The van der Waals surface area contributed by atoms with Gasteiger partial charge in [-0.25, -0.2) is 9.97 Å². The van der Waals surface area contributed by atoms with Crippen LogP contribution in [0.3, 0.4) is 0 Å². The monoisotopic (exact) mass is 478 g/mol. The molecule has 1 aromatic heterocycles. The maximum Gasteiger partial charge on any atom is 0.248 e. The van der Waals surface area contributed by atoms with E-state index >= 15 is 0 Å². The van der Waals surface area contributed by atoms with Crippen LogP contribution < -0.4 is 10.1 Å². The second-order valence-electron chi connectivity index (χ2n) is 9.31. The molecule has 0 saturated carbocycles. The van der Waals surface area contributed by atoms with Gasteiger partial charge >= 0.3 is 0 Å². The molecule has 8 nitrogen and oxygen atoms in total. The van der Waals surface area contributed by atoms with Gasteiger partial charge in [-0.15, -0.1) is 0 Å². The van der Waals surface area contributed by atoms with Gasteiger partial charge in [-0.1, -0.05) is 29.8 Å². The number of amides is 1. The number of aliphatic hydroxyl groups is 1. The van der Waals surface area contributed by atoms with Gasteiger partial charge in [0, 0.05) is 43.3 Å². The number of carbonyl (C=O) groups excluding carboxylic acids is 1. The number of nitrogens with zero attached hydrogens (tertiary/aromatic N) is 3. The number of carbonyl (C=O) groups is 1. The van der Waals surface area contributed by atoms with Crippen molar-refractivity contribution in [1.82, 2.24) is 14.9 Å². The van der Waals surface area contributed by atoms with Crippen LogP contribution in [-0.2, 0) is 15.1 Å². The molecule has 1 saturated heterocycles. The van der Waals surface area contributed by atoms with Crippen LogP contribution in [0.4, 0.5) is 5.82 Å². The van der Waals surface area contributed by atoms with E-state index in [4.69, 9.17) is 14.5 Å². The normalized spacial score (nSPS) is 16.2. The van der Waals surface area contributed by atoms with Gasteiger partial charge < -0.3 is 24.8 Å². The van der Waals surface area contributed by atoms with Gasteiger partial charge in [0.1, 0.15) is 24.0 Å². The molecule has 4 rings (SSSR count). The third-order valence-corrected chi connectivity index (χ3v) is 6.74. The fourth-order valence-corrected chi connectivity index (χ4v) is 4.75. The Bertz CT molecular complexity index is 1220. The Kier molecular flexibility index (Phi) is 7.23. The molecule has 0 aliphatic carbocycles. The van der Waals surface area contributed by atoms with Gasteiger partial charge in [0.15, 0.2) is 0 Å². The minimum atomic E-state index is -1.13. The smallest absolute Gasteiger partial charge is 0.248 e. The van der Waals surface area contributed by atoms with Gasteiger partial charge in [-0.2, -0.15) is 0 Å². The summed E-state index contributed by atoms with van der Waals surface area (Å²) in [7, 11) is 3.10. The number of methoxy groups -OCH3 is 2. The van der Waals surface area contributed by atoms with Crippen molar-refractivity contribution < 1.29 is 19.4 Å². The highest BCUT2D eigenvalue weighted by atomic mass is 16.5. The third kappa shape index (κ3) is 5.23. The van der Waals surface area contributed by atoms with Crippen molar-refractivity contribution in [2.24, 2.45) is 0 Å². The fourth-order valence-electron chi connectivity index (χ4n) is 4.75. The van der Waals surface area contributed by atoms with E-state index in [1.807, 2.05) is 19.1 Å². The predicted octanol–water partition coefficient (Wildman–Crippen LogP) is 3.88. The average molecular weight is 479 g/mol. The lowest BCUT2D eigenvalue weighted by atomic mass is 9.83. The summed E-state index contributed by atoms with van der Waals surface area (Å²) in [6.45, 7) is 6.97. The lowest BCUT2D eigenvalue weighted by Crippen LogP contribution is -2.46. The van der Waals surface area contributed by atoms with Gasteiger partial charge in [-0.05, 0) is 45.2 Å². The van der Waals surface area contributed by atoms with E-state index in [9.17, 15) is 9.90 Å². The van der Waals surface area contributed by atoms with Crippen LogP contribution in [0.5, 0.6) is 5.75 Å². The number of rotatable bonds is 7. The Labute approximate surface area is 206 Å². The van der Waals surface area contributed by atoms with Crippen molar-refractivity contribution in [2.45, 2.75) is 45.3 Å². The van der Waals surface area contributed by atoms with Crippen LogP contribution in [0.15, 0.2) is 36.4 Å². The van der Waals surface area contributed by atoms with Gasteiger partial charge in [0.2, 0.25) is 5.91 Å². The first kappa shape index (κ1) is 24.9. The highest BCUT2D eigenvalue weighted by Crippen LogP contribution is 2.41. The Morgan fingerprint density at radius 3 is 2.57 bits per heavy atom. The first-order chi connectivity index (χ1) is 16.7. The standard InChI is InChI=1S/C27H34N4O4/c1-17-7-6-8-20(13-17)18(2)28-26-21-14-22(24(35-5)15-23(21)29-19(3)30-26)27(33)9-11-31(12-10-27)25(32)16-34-4/h6-8,13-15,18,33H,9-12,16H2,1-5H3,(H,28,29,30)/t18-/m1/s1. The highest BCUT2D eigenvalue weighted by Gasteiger charge is 2.38. The Hall–Kier alpha value is -3.23. The number of hydrogen-bond donors (Lipinski definition) is 2. The number of anilines is 1. The van der Waals surface area contributed by atoms with Gasteiger partial charge in [-0.3, -0.25) is 4.79 Å². The topological polar surface area (TPSA) is 96.8 Å². The second-order valence-corrected chi connectivity index (χ2v) is 9.31. The molecular weight excluding hydrogens is 444 g/mol. The summed E-state index contributed by atoms with van der Waals surface area (Å²) in [5, 5.41) is 16.0. The molecule has 0 bridgehead atoms. The molecular formula is C27H34N4O4. The zero-order chi connectivity index (χ0) is 25.2. The molecule has 1 fully saturated rings. The molecule has 2 aromatic carbocycles. The third-order valence-electron chi connectivity index (χ3n) is 6.74. The summed E-state index contributed by atoms with van der Waals surface area (Å²) in [4.78, 5) is 23.3. The van der Waals surface area contributed by atoms with Crippen molar-refractivity contribution >= 4 is 22.6 Å². The number of nitrogens with one attached hydrogen (secondary N) is 1. The van der Waals surface area contributed by atoms with Crippen LogP contribution in [0, 0.1) is 13.8 Å². The SMILES string of the molecule is COCC(=O)N1CCC(O)(c2cc3c(N[C@H](C)c4cccc(C)c4)nc(C)nc3cc2OC)CC1. The molecule has 1 aliphatic heterocycles. The first-order valence-electron chi connectivity index (χ1n) is 11.9. The molecule has 35 heavy (non-hydrogen) atoms. The van der Waals surface area contributed by atoms with E-state index in [-0.39, 0.29) is 18.6 Å². The van der Waals surface area contributed by atoms with Crippen molar-refractivity contribution in [2.75, 3.05) is 39.2 Å². The van der Waals surface area contributed by atoms with Crippen molar-refractivity contribution in [3.8, 4) is 5.75 Å². The Morgan fingerprint density at radius 1 is 1.17 bits per heavy atom. The molecule has 0 radical (unpaired) electrons. The number of aryl methyl sites for hydroxylation is 2. The summed E-state index contributed by atoms with van der Waals surface area (Å²) in [5.41, 5.74) is 2.66. The van der Waals surface area contributed by atoms with E-state index in [0.717, 1.165) is 16.5 Å². The minimum Gasteiger partial charge on any atom is -0.496 e. The van der Waals surface area contributed by atoms with E-state index < -0.39 is 5.60 Å². The maximum absolute atomic E-state index is 12.2. The van der Waals surface area contributed by atoms with E-state index in [1.165, 1.54) is 12.7 Å². The molecule has 1 amide bonds. The number of likely N-dealkylation sites (tertiary alicyclic amines) is 1. The predicted molar refractivity (Wildman–Crippen MR) is 136 cm³/mol. The number of hydrogen-bond acceptors (Lipinski definition) is 7. The number of aromatic nitrogens is 2. The first-order valence-corrected chi connectivity index (χ1v) is 11.9. The number of benzene rings is 2. The fraction of sp³-hybridized carbons (Fsp3) is 0.444. The maximum atomic E-state index is 12.2. The van der Waals surface area contributed by atoms with Gasteiger partial charge in [0.05, 0.1) is 18.2 Å². The van der Waals surface area contributed by atoms with Crippen LogP contribution in [0.2, 0.25) is 0 Å². The average Bonchev–Trinajstić information content (AvgIpc) is 2.83. The molecule has 3 aromatic rings. The quantitative estimate of drug-likeness (QED) is 0.532. The second kappa shape index (κ2) is 10.2. The van der Waals surface area contributed by atoms with Crippen molar-refractivity contribution in [3.63, 3.8) is 0 Å². The Morgan fingerprint density at radius 2 is 1.91 bits per heavy atom. The summed E-state index contributed by atoms with van der Waals surface area (Å²) in [5.74, 6) is 1.87. The molecule has 2 N–H and O–H groups in total. The highest BCUT2D eigenvalue weighted by molar-refractivity contribution is 5.91. The molecule has 0 spiro atoms. The van der Waals surface area contributed by atoms with E-state index in [0.29, 0.717) is 48.9 Å². The molecule has 0 unspecified atom stereocenters. The molecule has 186 valence electrons. The van der Waals surface area contributed by atoms with Crippen molar-refractivity contribution in [1.29, 1.82) is 0 Å². The van der Waals surface area contributed by atoms with Crippen LogP contribution in [-0.4, -0.2) is 59.8 Å². The number of ether oxygens (including phenoxy) is 2. The summed E-state index contributed by atoms with van der Waals surface area (Å²) in [6, 6.07) is 12.2. The zero-order valence-electron chi connectivity index (χ0n) is 21.1.